The number of fused-ring (bicyclic) bond motifs is 6. The van der Waals surface area contributed by atoms with Gasteiger partial charge in [0.25, 0.3) is 0 Å². The molecule has 1 aliphatic rings. The molecule has 0 N–H and O–H groups in total. The van der Waals surface area contributed by atoms with Crippen LogP contribution in [0.1, 0.15) is 36.1 Å². The van der Waals surface area contributed by atoms with Crippen molar-refractivity contribution in [2.45, 2.75) is 26.2 Å². The van der Waals surface area contributed by atoms with Gasteiger partial charge >= 0.3 is 0 Å². The fourth-order valence-electron chi connectivity index (χ4n) is 7.98. The predicted molar refractivity (Wildman–Crippen MR) is 200 cm³/mol. The van der Waals surface area contributed by atoms with Crippen molar-refractivity contribution >= 4 is 38.8 Å². The van der Waals surface area contributed by atoms with E-state index in [4.69, 9.17) is 0 Å². The summed E-state index contributed by atoms with van der Waals surface area (Å²) in [4.78, 5) is 0. The fourth-order valence-corrected chi connectivity index (χ4v) is 7.98. The van der Waals surface area contributed by atoms with E-state index in [1.54, 1.807) is 0 Å². The molecule has 0 amide bonds. The Balaban J connectivity index is 1.32. The van der Waals surface area contributed by atoms with Crippen LogP contribution >= 0.6 is 0 Å². The quantitative estimate of drug-likeness (QED) is 0.194. The van der Waals surface area contributed by atoms with Crippen LogP contribution in [-0.4, -0.2) is 9.13 Å². The third-order valence-electron chi connectivity index (χ3n) is 9.98. The lowest BCUT2D eigenvalue weighted by atomic mass is 9.88. The summed E-state index contributed by atoms with van der Waals surface area (Å²) in [6.45, 7) is 4.40. The Kier molecular flexibility index (Phi) is 6.45. The summed E-state index contributed by atoms with van der Waals surface area (Å²) < 4.78 is 4.87. The summed E-state index contributed by atoms with van der Waals surface area (Å²) in [5, 5.41) is 13.6. The first-order valence-corrected chi connectivity index (χ1v) is 16.6. The highest BCUT2D eigenvalue weighted by Crippen LogP contribution is 2.45. The summed E-state index contributed by atoms with van der Waals surface area (Å²) in [6.07, 6.45) is 2.86. The van der Waals surface area contributed by atoms with Crippen molar-refractivity contribution in [2.24, 2.45) is 0 Å². The minimum atomic E-state index is 0.215. The molecule has 0 radical (unpaired) electrons. The maximum Gasteiger partial charge on any atom is 0.0947 e. The Morgan fingerprint density at radius 2 is 1.23 bits per heavy atom. The summed E-state index contributed by atoms with van der Waals surface area (Å²) in [6, 6.07) is 52.9. The van der Waals surface area contributed by atoms with E-state index in [2.05, 4.69) is 175 Å². The largest absolute Gasteiger partial charge is 0.312 e. The zero-order chi connectivity index (χ0) is 32.4. The van der Waals surface area contributed by atoms with Crippen molar-refractivity contribution in [2.75, 3.05) is 0 Å². The molecule has 0 bridgehead atoms. The molecular weight excluding hydrogens is 583 g/mol. The lowest BCUT2D eigenvalue weighted by Crippen LogP contribution is -2.09. The van der Waals surface area contributed by atoms with Crippen LogP contribution in [-0.2, 0) is 0 Å². The van der Waals surface area contributed by atoms with Gasteiger partial charge in [0.2, 0.25) is 0 Å². The molecule has 228 valence electrons. The molecule has 0 saturated heterocycles. The van der Waals surface area contributed by atoms with Gasteiger partial charge in [0.1, 0.15) is 0 Å². The van der Waals surface area contributed by atoms with Gasteiger partial charge in [-0.2, -0.15) is 5.26 Å². The first kappa shape index (κ1) is 28.1. The zero-order valence-electron chi connectivity index (χ0n) is 27.0. The van der Waals surface area contributed by atoms with Crippen LogP contribution in [0, 0.1) is 18.3 Å². The van der Waals surface area contributed by atoms with Crippen molar-refractivity contribution in [1.29, 1.82) is 5.26 Å². The van der Waals surface area contributed by atoms with E-state index in [0.29, 0.717) is 0 Å². The van der Waals surface area contributed by atoms with Crippen LogP contribution in [0.2, 0.25) is 0 Å². The molecule has 1 aliphatic carbocycles. The molecule has 2 heterocycles. The van der Waals surface area contributed by atoms with Gasteiger partial charge in [0, 0.05) is 61.4 Å². The van der Waals surface area contributed by atoms with Crippen LogP contribution in [0.15, 0.2) is 145 Å². The molecule has 0 fully saturated rings. The Hall–Kier alpha value is -6.11. The predicted octanol–water partition coefficient (Wildman–Crippen LogP) is 11.8. The highest BCUT2D eigenvalue weighted by molar-refractivity contribution is 6.14. The zero-order valence-corrected chi connectivity index (χ0v) is 27.0. The molecule has 0 saturated carbocycles. The van der Waals surface area contributed by atoms with Crippen LogP contribution < -0.4 is 0 Å². The molecule has 0 spiro atoms. The van der Waals surface area contributed by atoms with Gasteiger partial charge in [0.05, 0.1) is 22.6 Å². The Bertz CT molecular complexity index is 2620. The molecule has 6 aromatic carbocycles. The molecule has 0 unspecified atom stereocenters. The molecule has 48 heavy (non-hydrogen) atoms. The first-order valence-electron chi connectivity index (χ1n) is 16.6. The van der Waals surface area contributed by atoms with Crippen molar-refractivity contribution in [1.82, 2.24) is 9.13 Å². The molecule has 8 aromatic rings. The highest BCUT2D eigenvalue weighted by atomic mass is 15.0. The summed E-state index contributed by atoms with van der Waals surface area (Å²) in [5.74, 6) is 0.215. The smallest absolute Gasteiger partial charge is 0.0947 e. The van der Waals surface area contributed by atoms with E-state index in [0.717, 1.165) is 28.8 Å². The number of allylic oxidation sites excluding steroid dienone is 1. The van der Waals surface area contributed by atoms with Crippen LogP contribution in [0.5, 0.6) is 0 Å². The van der Waals surface area contributed by atoms with Gasteiger partial charge in [-0.1, -0.05) is 110 Å². The number of benzene rings is 6. The Labute approximate surface area is 280 Å². The van der Waals surface area contributed by atoms with E-state index in [1.807, 2.05) is 0 Å². The number of nitriles is 1. The lowest BCUT2D eigenvalue weighted by Gasteiger charge is -2.21. The summed E-state index contributed by atoms with van der Waals surface area (Å²) in [5.41, 5.74) is 15.1. The molecular formula is C45H33N3. The molecule has 3 heteroatoms. The Morgan fingerprint density at radius 1 is 0.604 bits per heavy atom. The fraction of sp³-hybridized carbons (Fsp3) is 0.0889. The van der Waals surface area contributed by atoms with Gasteiger partial charge < -0.3 is 9.13 Å². The number of aromatic nitrogens is 2. The molecule has 0 aliphatic heterocycles. The number of hydrogen-bond acceptors (Lipinski definition) is 1. The lowest BCUT2D eigenvalue weighted by molar-refractivity contribution is 0.710. The third-order valence-corrected chi connectivity index (χ3v) is 9.98. The second kappa shape index (κ2) is 11.0. The Morgan fingerprint density at radius 3 is 1.98 bits per heavy atom. The topological polar surface area (TPSA) is 33.6 Å². The summed E-state index contributed by atoms with van der Waals surface area (Å²) >= 11 is 0. The summed E-state index contributed by atoms with van der Waals surface area (Å²) in [7, 11) is 0. The van der Waals surface area contributed by atoms with E-state index in [1.165, 1.54) is 66.3 Å². The highest BCUT2D eigenvalue weighted by Gasteiger charge is 2.28. The van der Waals surface area contributed by atoms with Gasteiger partial charge in [-0.05, 0) is 72.5 Å². The van der Waals surface area contributed by atoms with Gasteiger partial charge in [0.15, 0.2) is 0 Å². The van der Waals surface area contributed by atoms with Crippen molar-refractivity contribution in [3.63, 3.8) is 0 Å². The van der Waals surface area contributed by atoms with Gasteiger partial charge in [-0.3, -0.25) is 0 Å². The van der Waals surface area contributed by atoms with E-state index < -0.39 is 0 Å². The number of rotatable bonds is 4. The molecule has 3 nitrogen and oxygen atoms in total. The second-order valence-corrected chi connectivity index (χ2v) is 13.0. The number of para-hydroxylation sites is 4. The number of nitrogens with zero attached hydrogens (tertiary/aromatic N) is 3. The standard InChI is InChI=1S/C45H33N3/c1-29-12-8-17-35(24-29)47-42-23-7-6-18-38(42)39-21-10-19-36(44(39)47)32-13-9-14-33(27-32)37-20-11-22-40-41-26-31(28-46)25-30(2)43(41)48(45(37)40)34-15-4-3-5-16-34/h3-24,26-27,30H,25H2,1-2H3/t30-/m0/s1. The second-order valence-electron chi connectivity index (χ2n) is 13.0. The van der Waals surface area contributed by atoms with Crippen LogP contribution in [0.4, 0.5) is 0 Å². The van der Waals surface area contributed by atoms with E-state index in [-0.39, 0.29) is 5.92 Å². The van der Waals surface area contributed by atoms with Crippen molar-refractivity contribution in [3.8, 4) is 39.7 Å². The minimum absolute atomic E-state index is 0.215. The van der Waals surface area contributed by atoms with E-state index in [9.17, 15) is 5.26 Å². The van der Waals surface area contributed by atoms with Crippen LogP contribution in [0.3, 0.4) is 0 Å². The maximum atomic E-state index is 9.90. The first-order chi connectivity index (χ1) is 23.6. The van der Waals surface area contributed by atoms with Crippen molar-refractivity contribution < 1.29 is 0 Å². The van der Waals surface area contributed by atoms with E-state index >= 15 is 0 Å². The normalized spacial score (nSPS) is 14.3. The van der Waals surface area contributed by atoms with Crippen LogP contribution in [0.25, 0.3) is 72.4 Å². The third kappa shape index (κ3) is 4.27. The number of aryl methyl sites for hydroxylation is 1. The van der Waals surface area contributed by atoms with Gasteiger partial charge in [-0.25, -0.2) is 0 Å². The number of hydrogen-bond donors (Lipinski definition) is 0. The average molecular weight is 616 g/mol. The molecule has 1 atom stereocenters. The monoisotopic (exact) mass is 615 g/mol. The maximum absolute atomic E-state index is 9.90. The SMILES string of the molecule is Cc1cccc(-n2c3ccccc3c3cccc(-c4cccc(-c5cccc6c7c(n(-c8ccccc8)c56)[C@@H](C)CC(C#N)=C7)c4)c32)c1. The average Bonchev–Trinajstić information content (AvgIpc) is 3.66. The molecule has 2 aromatic heterocycles. The minimum Gasteiger partial charge on any atom is -0.312 e. The van der Waals surface area contributed by atoms with Gasteiger partial charge in [-0.15, -0.1) is 0 Å². The van der Waals surface area contributed by atoms with Crippen molar-refractivity contribution in [3.05, 3.63) is 162 Å². The molecule has 9 rings (SSSR count).